The van der Waals surface area contributed by atoms with Crippen molar-refractivity contribution < 1.29 is 29.0 Å². The summed E-state index contributed by atoms with van der Waals surface area (Å²) in [6, 6.07) is 26.5. The third-order valence-electron chi connectivity index (χ3n) is 5.55. The molecule has 3 aromatic rings. The highest BCUT2D eigenvalue weighted by molar-refractivity contribution is 5.63. The van der Waals surface area contributed by atoms with Gasteiger partial charge in [-0.2, -0.15) is 19.2 Å². The highest BCUT2D eigenvalue weighted by atomic mass is 16.5. The van der Waals surface area contributed by atoms with E-state index in [2.05, 4.69) is 72.2 Å². The summed E-state index contributed by atoms with van der Waals surface area (Å²) in [4.78, 5) is 37.2. The average Bonchev–Trinajstić information content (AvgIpc) is 2.88. The number of ether oxygens (including phenoxy) is 1. The molecule has 180 valence electrons. The molecule has 8 heteroatoms. The monoisotopic (exact) mass is 474 g/mol. The van der Waals surface area contributed by atoms with Crippen LogP contribution in [-0.4, -0.2) is 31.1 Å². The zero-order valence-electron chi connectivity index (χ0n) is 19.7. The zero-order valence-corrected chi connectivity index (χ0v) is 19.7. The lowest BCUT2D eigenvalue weighted by Crippen LogP contribution is -2.46. The van der Waals surface area contributed by atoms with E-state index in [1.165, 1.54) is 11.3 Å². The van der Waals surface area contributed by atoms with E-state index >= 15 is 0 Å². The lowest BCUT2D eigenvalue weighted by molar-refractivity contribution is -0.193. The second-order valence-electron chi connectivity index (χ2n) is 7.51. The molecule has 1 aliphatic rings. The number of phenolic OH excluding ortho intramolecular Hbond substituents is 1. The van der Waals surface area contributed by atoms with Crippen molar-refractivity contribution in [3.05, 3.63) is 95.7 Å². The van der Waals surface area contributed by atoms with Crippen LogP contribution in [0.15, 0.2) is 90.1 Å². The first-order valence-electron chi connectivity index (χ1n) is 10.6. The van der Waals surface area contributed by atoms with Gasteiger partial charge in [-0.3, -0.25) is 0 Å². The van der Waals surface area contributed by atoms with Crippen LogP contribution in [0.4, 0.5) is 11.4 Å². The average molecular weight is 475 g/mol. The van der Waals surface area contributed by atoms with Crippen LogP contribution >= 0.6 is 0 Å². The number of hydrogen-bond donors (Lipinski definition) is 1. The van der Waals surface area contributed by atoms with E-state index in [4.69, 9.17) is 23.9 Å². The number of methoxy groups -OCH3 is 1. The van der Waals surface area contributed by atoms with Crippen LogP contribution in [0, 0.1) is 0 Å². The van der Waals surface area contributed by atoms with E-state index in [9.17, 15) is 5.11 Å². The fourth-order valence-corrected chi connectivity index (χ4v) is 3.94. The van der Waals surface area contributed by atoms with Gasteiger partial charge < -0.3 is 19.6 Å². The molecule has 4 rings (SSSR count). The van der Waals surface area contributed by atoms with Gasteiger partial charge in [0.1, 0.15) is 6.17 Å². The molecule has 1 heterocycles. The van der Waals surface area contributed by atoms with E-state index in [0.29, 0.717) is 5.75 Å². The molecule has 1 unspecified atom stereocenters. The SMILES string of the molecule is COc1cc(C2N(c3ccccc3)CC(C)=C(C)N2c2ccccc2)ccc1O.O=C=O.O=C=O. The summed E-state index contributed by atoms with van der Waals surface area (Å²) in [6.07, 6.45) is 0.429. The Hall–Kier alpha value is -4.64. The molecule has 0 aliphatic carbocycles. The maximum atomic E-state index is 10.1. The molecule has 0 bridgehead atoms. The Bertz CT molecular complexity index is 1190. The van der Waals surface area contributed by atoms with Crippen molar-refractivity contribution in [1.82, 2.24) is 0 Å². The van der Waals surface area contributed by atoms with E-state index in [0.717, 1.165) is 23.5 Å². The lowest BCUT2D eigenvalue weighted by atomic mass is 10.0. The first-order valence-corrected chi connectivity index (χ1v) is 10.6. The molecule has 35 heavy (non-hydrogen) atoms. The van der Waals surface area contributed by atoms with Gasteiger partial charge in [0, 0.05) is 23.6 Å². The van der Waals surface area contributed by atoms with Crippen LogP contribution in [0.5, 0.6) is 11.5 Å². The Morgan fingerprint density at radius 1 is 0.829 bits per heavy atom. The predicted molar refractivity (Wildman–Crippen MR) is 128 cm³/mol. The Morgan fingerprint density at radius 2 is 1.34 bits per heavy atom. The molecule has 0 fully saturated rings. The molecule has 1 N–H and O–H groups in total. The number of benzene rings is 3. The normalized spacial score (nSPS) is 14.4. The van der Waals surface area contributed by atoms with E-state index in [-0.39, 0.29) is 24.2 Å². The van der Waals surface area contributed by atoms with Gasteiger partial charge in [0.2, 0.25) is 0 Å². The van der Waals surface area contributed by atoms with Gasteiger partial charge in [0.25, 0.3) is 0 Å². The Kier molecular flexibility index (Phi) is 10.0. The summed E-state index contributed by atoms with van der Waals surface area (Å²) in [5, 5.41) is 10.1. The van der Waals surface area contributed by atoms with Crippen LogP contribution in [0.3, 0.4) is 0 Å². The smallest absolute Gasteiger partial charge is 0.373 e. The number of nitrogens with zero attached hydrogens (tertiary/aromatic N) is 2. The lowest BCUT2D eigenvalue weighted by Gasteiger charge is -2.47. The van der Waals surface area contributed by atoms with E-state index in [1.807, 2.05) is 24.3 Å². The van der Waals surface area contributed by atoms with Crippen LogP contribution in [0.25, 0.3) is 0 Å². The minimum atomic E-state index is -0.0713. The maximum absolute atomic E-state index is 10.1. The fourth-order valence-electron chi connectivity index (χ4n) is 3.94. The van der Waals surface area contributed by atoms with Gasteiger partial charge in [-0.05, 0) is 61.4 Å². The van der Waals surface area contributed by atoms with Gasteiger partial charge in [0.15, 0.2) is 11.5 Å². The van der Waals surface area contributed by atoms with Gasteiger partial charge in [-0.25, -0.2) is 0 Å². The van der Waals surface area contributed by atoms with Crippen molar-refractivity contribution in [3.8, 4) is 11.5 Å². The molecule has 0 aromatic heterocycles. The first-order chi connectivity index (χ1) is 16.9. The van der Waals surface area contributed by atoms with Crippen LogP contribution in [-0.2, 0) is 19.2 Å². The molecular formula is C27H26N2O6. The summed E-state index contributed by atoms with van der Waals surface area (Å²) in [7, 11) is 1.58. The highest BCUT2D eigenvalue weighted by Gasteiger charge is 2.34. The Labute approximate surface area is 203 Å². The molecule has 0 amide bonds. The van der Waals surface area contributed by atoms with Gasteiger partial charge in [0.05, 0.1) is 7.11 Å². The van der Waals surface area contributed by atoms with Crippen LogP contribution in [0.1, 0.15) is 25.6 Å². The van der Waals surface area contributed by atoms with Crippen LogP contribution < -0.4 is 14.5 Å². The van der Waals surface area contributed by atoms with E-state index < -0.39 is 0 Å². The fraction of sp³-hybridized carbons (Fsp3) is 0.185. The molecular weight excluding hydrogens is 448 g/mol. The van der Waals surface area contributed by atoms with Crippen molar-refractivity contribution in [2.45, 2.75) is 20.0 Å². The number of hydrogen-bond acceptors (Lipinski definition) is 8. The number of carbonyl (C=O) groups excluding carboxylic acids is 4. The number of phenols is 1. The van der Waals surface area contributed by atoms with Crippen molar-refractivity contribution in [2.75, 3.05) is 23.5 Å². The standard InChI is InChI=1S/C25H26N2O2.2CO2/c1-18-17-26(21-10-6-4-7-11-21)25(20-14-15-23(28)24(16-20)29-3)27(19(18)2)22-12-8-5-9-13-22;2*2-1-3/h4-16,25,28H,17H2,1-3H3;;. The molecule has 0 spiro atoms. The largest absolute Gasteiger partial charge is 0.504 e. The number of aromatic hydroxyl groups is 1. The van der Waals surface area contributed by atoms with Gasteiger partial charge >= 0.3 is 12.3 Å². The second-order valence-corrected chi connectivity index (χ2v) is 7.51. The zero-order chi connectivity index (χ0) is 25.8. The predicted octanol–water partition coefficient (Wildman–Crippen LogP) is 4.55. The Balaban J connectivity index is 0.000000655. The van der Waals surface area contributed by atoms with Crippen molar-refractivity contribution in [1.29, 1.82) is 0 Å². The molecule has 0 saturated carbocycles. The molecule has 3 aromatic carbocycles. The number of allylic oxidation sites excluding steroid dienone is 1. The van der Waals surface area contributed by atoms with E-state index in [1.54, 1.807) is 13.2 Å². The quantitative estimate of drug-likeness (QED) is 0.587. The summed E-state index contributed by atoms with van der Waals surface area (Å²) in [5.74, 6) is 0.625. The minimum absolute atomic E-state index is 0.0713. The van der Waals surface area contributed by atoms with Crippen molar-refractivity contribution in [3.63, 3.8) is 0 Å². The molecule has 8 nitrogen and oxygen atoms in total. The van der Waals surface area contributed by atoms with Crippen molar-refractivity contribution >= 4 is 23.7 Å². The molecule has 0 saturated heterocycles. The Morgan fingerprint density at radius 3 is 1.86 bits per heavy atom. The molecule has 1 aliphatic heterocycles. The second kappa shape index (κ2) is 13.2. The highest BCUT2D eigenvalue weighted by Crippen LogP contribution is 2.42. The van der Waals surface area contributed by atoms with Crippen LogP contribution in [0.2, 0.25) is 0 Å². The topological polar surface area (TPSA) is 104 Å². The molecule has 1 atom stereocenters. The summed E-state index contributed by atoms with van der Waals surface area (Å²) < 4.78 is 5.41. The third-order valence-corrected chi connectivity index (χ3v) is 5.55. The van der Waals surface area contributed by atoms with Gasteiger partial charge in [-0.15, -0.1) is 0 Å². The van der Waals surface area contributed by atoms with Gasteiger partial charge in [-0.1, -0.05) is 42.5 Å². The summed E-state index contributed by atoms with van der Waals surface area (Å²) >= 11 is 0. The number of anilines is 2. The number of para-hydroxylation sites is 2. The maximum Gasteiger partial charge on any atom is 0.373 e. The first kappa shape index (κ1) is 26.6. The summed E-state index contributed by atoms with van der Waals surface area (Å²) in [6.45, 7) is 5.19. The molecule has 0 radical (unpaired) electrons. The number of rotatable bonds is 4. The van der Waals surface area contributed by atoms with Crippen molar-refractivity contribution in [2.24, 2.45) is 0 Å². The minimum Gasteiger partial charge on any atom is -0.504 e. The summed E-state index contributed by atoms with van der Waals surface area (Å²) in [5.41, 5.74) is 5.89. The third kappa shape index (κ3) is 6.45.